The van der Waals surface area contributed by atoms with Crippen molar-refractivity contribution in [3.63, 3.8) is 0 Å². The number of rotatable bonds is 4. The number of nitrogens with zero attached hydrogens (tertiary/aromatic N) is 2. The van der Waals surface area contributed by atoms with Crippen molar-refractivity contribution < 1.29 is 4.79 Å². The van der Waals surface area contributed by atoms with E-state index in [4.69, 9.17) is 4.98 Å². The highest BCUT2D eigenvalue weighted by Gasteiger charge is 2.20. The number of aldehydes is 1. The first-order valence-corrected chi connectivity index (χ1v) is 9.43. The molecule has 0 aliphatic carbocycles. The van der Waals surface area contributed by atoms with Gasteiger partial charge < -0.3 is 0 Å². The fourth-order valence-electron chi connectivity index (χ4n) is 3.20. The van der Waals surface area contributed by atoms with Gasteiger partial charge in [0.25, 0.3) is 0 Å². The van der Waals surface area contributed by atoms with Crippen molar-refractivity contribution in [2.24, 2.45) is 0 Å². The van der Waals surface area contributed by atoms with E-state index in [0.717, 1.165) is 39.0 Å². The van der Waals surface area contributed by atoms with Crippen LogP contribution in [0, 0.1) is 6.92 Å². The number of hydrogen-bond donors (Lipinski definition) is 0. The second-order valence-corrected chi connectivity index (χ2v) is 7.25. The molecule has 4 aromatic rings. The van der Waals surface area contributed by atoms with Crippen LogP contribution >= 0.6 is 15.9 Å². The molecule has 0 spiro atoms. The zero-order valence-corrected chi connectivity index (χ0v) is 16.3. The second-order valence-electron chi connectivity index (χ2n) is 6.34. The number of carbonyl (C=O) groups is 1. The first kappa shape index (κ1) is 17.4. The molecule has 0 N–H and O–H groups in total. The molecule has 3 aromatic carbocycles. The Hall–Kier alpha value is -2.98. The number of aryl methyl sites for hydroxylation is 1. The number of aromatic nitrogens is 2. The molecular formula is C23H17BrN2O. The highest BCUT2D eigenvalue weighted by molar-refractivity contribution is 9.10. The molecule has 3 nitrogen and oxygen atoms in total. The molecule has 0 unspecified atom stereocenters. The zero-order valence-electron chi connectivity index (χ0n) is 14.8. The van der Waals surface area contributed by atoms with Crippen molar-refractivity contribution in [2.75, 3.05) is 0 Å². The van der Waals surface area contributed by atoms with Crippen molar-refractivity contribution in [3.8, 4) is 28.3 Å². The van der Waals surface area contributed by atoms with Gasteiger partial charge in [0.05, 0.1) is 0 Å². The SMILES string of the molecule is Cc1cccc(-c2nc(-c3ccccc3)c(C=O)n2-c2cccc(Br)c2)c1. The largest absolute Gasteiger partial charge is 0.296 e. The molecule has 27 heavy (non-hydrogen) atoms. The van der Waals surface area contributed by atoms with Crippen LogP contribution in [0.15, 0.2) is 83.3 Å². The highest BCUT2D eigenvalue weighted by atomic mass is 79.9. The van der Waals surface area contributed by atoms with Gasteiger partial charge in [-0.15, -0.1) is 0 Å². The molecule has 0 saturated heterocycles. The average Bonchev–Trinajstić information content (AvgIpc) is 3.08. The molecule has 0 amide bonds. The third kappa shape index (κ3) is 3.36. The first-order chi connectivity index (χ1) is 13.2. The minimum Gasteiger partial charge on any atom is -0.296 e. The fraction of sp³-hybridized carbons (Fsp3) is 0.0435. The first-order valence-electron chi connectivity index (χ1n) is 8.63. The minimum atomic E-state index is 0.538. The molecule has 0 saturated carbocycles. The maximum Gasteiger partial charge on any atom is 0.169 e. The lowest BCUT2D eigenvalue weighted by Crippen LogP contribution is -2.02. The Balaban J connectivity index is 2.05. The summed E-state index contributed by atoms with van der Waals surface area (Å²) in [6.07, 6.45) is 0.884. The number of benzene rings is 3. The number of imidazole rings is 1. The van der Waals surface area contributed by atoms with E-state index in [1.165, 1.54) is 0 Å². The molecule has 0 aliphatic rings. The summed E-state index contributed by atoms with van der Waals surface area (Å²) in [5.74, 6) is 0.748. The van der Waals surface area contributed by atoms with Crippen molar-refractivity contribution in [3.05, 3.63) is 94.6 Å². The lowest BCUT2D eigenvalue weighted by atomic mass is 10.1. The van der Waals surface area contributed by atoms with Gasteiger partial charge in [-0.25, -0.2) is 4.98 Å². The maximum atomic E-state index is 12.1. The normalized spacial score (nSPS) is 10.7. The quantitative estimate of drug-likeness (QED) is 0.377. The van der Waals surface area contributed by atoms with Crippen molar-refractivity contribution in [1.82, 2.24) is 9.55 Å². The Labute approximate surface area is 166 Å². The van der Waals surface area contributed by atoms with Crippen LogP contribution < -0.4 is 0 Å². The van der Waals surface area contributed by atoms with Crippen molar-refractivity contribution in [2.45, 2.75) is 6.92 Å². The van der Waals surface area contributed by atoms with Crippen LogP contribution in [0.3, 0.4) is 0 Å². The van der Waals surface area contributed by atoms with E-state index < -0.39 is 0 Å². The van der Waals surface area contributed by atoms with Crippen LogP contribution in [-0.2, 0) is 0 Å². The predicted octanol–water partition coefficient (Wildman–Crippen LogP) is 6.09. The topological polar surface area (TPSA) is 34.9 Å². The third-order valence-corrected chi connectivity index (χ3v) is 4.91. The minimum absolute atomic E-state index is 0.538. The molecule has 0 bridgehead atoms. The van der Waals surface area contributed by atoms with Crippen LogP contribution in [0.5, 0.6) is 0 Å². The molecule has 1 aromatic heterocycles. The highest BCUT2D eigenvalue weighted by Crippen LogP contribution is 2.32. The molecule has 0 fully saturated rings. The summed E-state index contributed by atoms with van der Waals surface area (Å²) in [5, 5.41) is 0. The summed E-state index contributed by atoms with van der Waals surface area (Å²) in [6.45, 7) is 2.05. The van der Waals surface area contributed by atoms with E-state index in [-0.39, 0.29) is 0 Å². The van der Waals surface area contributed by atoms with Crippen LogP contribution in [0.4, 0.5) is 0 Å². The fourth-order valence-corrected chi connectivity index (χ4v) is 3.59. The van der Waals surface area contributed by atoms with Crippen LogP contribution in [-0.4, -0.2) is 15.8 Å². The molecule has 4 rings (SSSR count). The molecule has 132 valence electrons. The zero-order chi connectivity index (χ0) is 18.8. The second kappa shape index (κ2) is 7.33. The van der Waals surface area contributed by atoms with Crippen LogP contribution in [0.2, 0.25) is 0 Å². The smallest absolute Gasteiger partial charge is 0.169 e. The lowest BCUT2D eigenvalue weighted by Gasteiger charge is -2.11. The Kier molecular flexibility index (Phi) is 4.73. The average molecular weight is 417 g/mol. The number of hydrogen-bond acceptors (Lipinski definition) is 2. The Bertz CT molecular complexity index is 1120. The summed E-state index contributed by atoms with van der Waals surface area (Å²) < 4.78 is 2.87. The van der Waals surface area contributed by atoms with Gasteiger partial charge >= 0.3 is 0 Å². The van der Waals surface area contributed by atoms with E-state index in [0.29, 0.717) is 11.4 Å². The molecular weight excluding hydrogens is 400 g/mol. The Morgan fingerprint density at radius 3 is 2.33 bits per heavy atom. The maximum absolute atomic E-state index is 12.1. The van der Waals surface area contributed by atoms with Crippen LogP contribution in [0.1, 0.15) is 16.1 Å². The van der Waals surface area contributed by atoms with Gasteiger partial charge in [0, 0.05) is 21.3 Å². The monoisotopic (exact) mass is 416 g/mol. The number of carbonyl (C=O) groups excluding carboxylic acids is 1. The van der Waals surface area contributed by atoms with Gasteiger partial charge in [-0.1, -0.05) is 76.1 Å². The molecule has 0 radical (unpaired) electrons. The molecule has 1 heterocycles. The van der Waals surface area contributed by atoms with Gasteiger partial charge in [0.1, 0.15) is 17.2 Å². The Morgan fingerprint density at radius 1 is 0.889 bits per heavy atom. The summed E-state index contributed by atoms with van der Waals surface area (Å²) >= 11 is 3.53. The molecule has 4 heteroatoms. The summed E-state index contributed by atoms with van der Waals surface area (Å²) in [6, 6.07) is 25.9. The van der Waals surface area contributed by atoms with E-state index >= 15 is 0 Å². The van der Waals surface area contributed by atoms with Crippen LogP contribution in [0.25, 0.3) is 28.3 Å². The van der Waals surface area contributed by atoms with Gasteiger partial charge in [-0.3, -0.25) is 9.36 Å². The van der Waals surface area contributed by atoms with Crippen molar-refractivity contribution in [1.29, 1.82) is 0 Å². The molecule has 0 atom stereocenters. The van der Waals surface area contributed by atoms with Gasteiger partial charge in [-0.2, -0.15) is 0 Å². The van der Waals surface area contributed by atoms with E-state index in [1.807, 2.05) is 71.3 Å². The Morgan fingerprint density at radius 2 is 1.63 bits per heavy atom. The summed E-state index contributed by atoms with van der Waals surface area (Å²) in [5.41, 5.74) is 5.14. The molecule has 0 aliphatic heterocycles. The van der Waals surface area contributed by atoms with Gasteiger partial charge in [0.2, 0.25) is 0 Å². The predicted molar refractivity (Wildman–Crippen MR) is 112 cm³/mol. The van der Waals surface area contributed by atoms with Gasteiger partial charge in [0.15, 0.2) is 6.29 Å². The van der Waals surface area contributed by atoms with Gasteiger partial charge in [-0.05, 0) is 31.2 Å². The third-order valence-electron chi connectivity index (χ3n) is 4.41. The summed E-state index contributed by atoms with van der Waals surface area (Å²) in [4.78, 5) is 17.0. The van der Waals surface area contributed by atoms with Crippen molar-refractivity contribution >= 4 is 22.2 Å². The lowest BCUT2D eigenvalue weighted by molar-refractivity contribution is 0.111. The number of halogens is 1. The van der Waals surface area contributed by atoms with E-state index in [1.54, 1.807) is 0 Å². The summed E-state index contributed by atoms with van der Waals surface area (Å²) in [7, 11) is 0. The standard InChI is InChI=1S/C23H17BrN2O/c1-16-7-5-10-18(13-16)23-25-22(17-8-3-2-4-9-17)21(15-27)26(23)20-12-6-11-19(24)14-20/h2-15H,1H3. The van der Waals surface area contributed by atoms with E-state index in [2.05, 4.69) is 35.0 Å². The van der Waals surface area contributed by atoms with E-state index in [9.17, 15) is 4.79 Å².